The molecule has 1 saturated heterocycles. The molecule has 0 unspecified atom stereocenters. The van der Waals surface area contributed by atoms with Crippen LogP contribution in [0.15, 0.2) is 60.9 Å². The van der Waals surface area contributed by atoms with Crippen LogP contribution in [-0.4, -0.2) is 43.7 Å². The van der Waals surface area contributed by atoms with E-state index in [-0.39, 0.29) is 0 Å². The minimum atomic E-state index is -3.26. The van der Waals surface area contributed by atoms with Gasteiger partial charge in [-0.15, -0.1) is 0 Å². The summed E-state index contributed by atoms with van der Waals surface area (Å²) >= 11 is 0. The van der Waals surface area contributed by atoms with Crippen LogP contribution in [-0.2, 0) is 16.6 Å². The van der Waals surface area contributed by atoms with Crippen LogP contribution in [0.25, 0.3) is 10.8 Å². The second-order valence-corrected chi connectivity index (χ2v) is 9.09. The summed E-state index contributed by atoms with van der Waals surface area (Å²) in [6.07, 6.45) is 5.95. The van der Waals surface area contributed by atoms with Gasteiger partial charge in [-0.2, -0.15) is 0 Å². The van der Waals surface area contributed by atoms with Crippen molar-refractivity contribution in [1.82, 2.24) is 9.88 Å². The number of rotatable bonds is 6. The van der Waals surface area contributed by atoms with E-state index in [1.807, 2.05) is 36.7 Å². The minimum Gasteiger partial charge on any atom is -0.380 e. The fourth-order valence-electron chi connectivity index (χ4n) is 3.77. The summed E-state index contributed by atoms with van der Waals surface area (Å²) in [5, 5.41) is 6.01. The highest BCUT2D eigenvalue weighted by molar-refractivity contribution is 7.92. The number of nitrogens with zero attached hydrogens (tertiary/aromatic N) is 2. The molecule has 3 aromatic rings. The maximum absolute atomic E-state index is 11.4. The van der Waals surface area contributed by atoms with E-state index >= 15 is 0 Å². The number of nitrogens with one attached hydrogen (secondary N) is 2. The lowest BCUT2D eigenvalue weighted by Gasteiger charge is -2.19. The Balaban J connectivity index is 1.40. The molecule has 1 aromatic heterocycles. The van der Waals surface area contributed by atoms with Crippen molar-refractivity contribution in [3.8, 4) is 0 Å². The average molecular weight is 397 g/mol. The van der Waals surface area contributed by atoms with Gasteiger partial charge in [0.1, 0.15) is 0 Å². The molecule has 2 heterocycles. The Morgan fingerprint density at radius 2 is 2.04 bits per heavy atom. The van der Waals surface area contributed by atoms with Crippen molar-refractivity contribution in [3.05, 3.63) is 66.5 Å². The lowest BCUT2D eigenvalue weighted by Crippen LogP contribution is -2.26. The molecular formula is C21H24N4O2S. The summed E-state index contributed by atoms with van der Waals surface area (Å²) < 4.78 is 25.4. The Bertz CT molecular complexity index is 1080. The zero-order valence-corrected chi connectivity index (χ0v) is 16.6. The second-order valence-electron chi connectivity index (χ2n) is 7.34. The van der Waals surface area contributed by atoms with E-state index in [0.29, 0.717) is 11.7 Å². The summed E-state index contributed by atoms with van der Waals surface area (Å²) in [7, 11) is -3.26. The summed E-state index contributed by atoms with van der Waals surface area (Å²) in [5.41, 5.74) is 2.86. The Kier molecular flexibility index (Phi) is 5.19. The molecule has 2 aromatic carbocycles. The van der Waals surface area contributed by atoms with Crippen LogP contribution in [0, 0.1) is 0 Å². The number of likely N-dealkylation sites (tertiary alicyclic amines) is 1. The van der Waals surface area contributed by atoms with Gasteiger partial charge in [0.05, 0.1) is 6.26 Å². The highest BCUT2D eigenvalue weighted by Crippen LogP contribution is 2.25. The molecule has 0 spiro atoms. The van der Waals surface area contributed by atoms with Gasteiger partial charge < -0.3 is 5.32 Å². The maximum atomic E-state index is 11.4. The molecule has 0 radical (unpaired) electrons. The monoisotopic (exact) mass is 396 g/mol. The number of benzene rings is 2. The molecule has 4 rings (SSSR count). The number of hydrogen-bond donors (Lipinski definition) is 2. The van der Waals surface area contributed by atoms with E-state index in [1.165, 1.54) is 11.6 Å². The fraction of sp³-hybridized carbons (Fsp3) is 0.286. The molecule has 146 valence electrons. The predicted molar refractivity (Wildman–Crippen MR) is 114 cm³/mol. The van der Waals surface area contributed by atoms with Gasteiger partial charge >= 0.3 is 0 Å². The predicted octanol–water partition coefficient (Wildman–Crippen LogP) is 3.29. The first-order chi connectivity index (χ1) is 13.5. The number of hydrogen-bond acceptors (Lipinski definition) is 5. The lowest BCUT2D eigenvalue weighted by molar-refractivity contribution is 0.329. The molecular weight excluding hydrogens is 372 g/mol. The third kappa shape index (κ3) is 4.61. The first-order valence-electron chi connectivity index (χ1n) is 9.35. The normalized spacial score (nSPS) is 17.7. The molecule has 1 atom stereocenters. The van der Waals surface area contributed by atoms with E-state index in [9.17, 15) is 8.42 Å². The molecule has 0 aliphatic carbocycles. The van der Waals surface area contributed by atoms with Crippen LogP contribution in [0.5, 0.6) is 0 Å². The molecule has 0 saturated carbocycles. The van der Waals surface area contributed by atoms with Gasteiger partial charge in [-0.05, 0) is 36.2 Å². The van der Waals surface area contributed by atoms with E-state index in [1.54, 1.807) is 6.07 Å². The van der Waals surface area contributed by atoms with Crippen LogP contribution in [0.2, 0.25) is 0 Å². The van der Waals surface area contributed by atoms with E-state index in [4.69, 9.17) is 0 Å². The van der Waals surface area contributed by atoms with Crippen molar-refractivity contribution in [1.29, 1.82) is 0 Å². The molecule has 7 heteroatoms. The topological polar surface area (TPSA) is 74.3 Å². The summed E-state index contributed by atoms with van der Waals surface area (Å²) in [6.45, 7) is 2.76. The summed E-state index contributed by atoms with van der Waals surface area (Å²) in [5.74, 6) is 0. The Labute approximate surface area is 165 Å². The van der Waals surface area contributed by atoms with Gasteiger partial charge in [-0.1, -0.05) is 24.3 Å². The highest BCUT2D eigenvalue weighted by Gasteiger charge is 2.22. The van der Waals surface area contributed by atoms with Crippen molar-refractivity contribution in [2.24, 2.45) is 0 Å². The summed E-state index contributed by atoms with van der Waals surface area (Å²) in [4.78, 5) is 6.59. The van der Waals surface area contributed by atoms with Gasteiger partial charge in [0.25, 0.3) is 0 Å². The highest BCUT2D eigenvalue weighted by atomic mass is 32.2. The van der Waals surface area contributed by atoms with Gasteiger partial charge in [0.2, 0.25) is 10.0 Å². The van der Waals surface area contributed by atoms with Crippen molar-refractivity contribution in [3.63, 3.8) is 0 Å². The molecule has 1 aliphatic heterocycles. The zero-order chi connectivity index (χ0) is 19.6. The van der Waals surface area contributed by atoms with Crippen molar-refractivity contribution >= 4 is 32.2 Å². The van der Waals surface area contributed by atoms with Crippen molar-refractivity contribution in [2.75, 3.05) is 29.4 Å². The van der Waals surface area contributed by atoms with Crippen LogP contribution in [0.1, 0.15) is 12.0 Å². The number of pyridine rings is 1. The van der Waals surface area contributed by atoms with Crippen molar-refractivity contribution < 1.29 is 8.42 Å². The first-order valence-corrected chi connectivity index (χ1v) is 11.2. The SMILES string of the molecule is CS(=O)(=O)Nc1cccc(CN2CC[C@@H](Nc3cccc4cnccc34)C2)c1. The zero-order valence-electron chi connectivity index (χ0n) is 15.8. The van der Waals surface area contributed by atoms with Gasteiger partial charge in [-0.3, -0.25) is 14.6 Å². The molecule has 2 N–H and O–H groups in total. The van der Waals surface area contributed by atoms with Gasteiger partial charge in [0.15, 0.2) is 0 Å². The van der Waals surface area contributed by atoms with Gasteiger partial charge in [0, 0.05) is 60.2 Å². The number of anilines is 2. The van der Waals surface area contributed by atoms with Crippen LogP contribution >= 0.6 is 0 Å². The third-order valence-electron chi connectivity index (χ3n) is 4.95. The number of fused-ring (bicyclic) bond motifs is 1. The molecule has 1 aliphatic rings. The molecule has 6 nitrogen and oxygen atoms in total. The number of aromatic nitrogens is 1. The number of sulfonamides is 1. The Morgan fingerprint density at radius 3 is 2.89 bits per heavy atom. The smallest absolute Gasteiger partial charge is 0.229 e. The standard InChI is InChI=1S/C21H24N4O2S/c1-28(26,27)24-18-6-2-4-16(12-18)14-25-11-9-19(15-25)23-21-7-3-5-17-13-22-10-8-20(17)21/h2-8,10,12-13,19,23-24H,9,11,14-15H2,1H3/t19-/m1/s1. The molecule has 28 heavy (non-hydrogen) atoms. The van der Waals surface area contributed by atoms with Crippen LogP contribution in [0.3, 0.4) is 0 Å². The van der Waals surface area contributed by atoms with E-state index in [2.05, 4.69) is 38.1 Å². The van der Waals surface area contributed by atoms with E-state index < -0.39 is 10.0 Å². The maximum Gasteiger partial charge on any atom is 0.229 e. The van der Waals surface area contributed by atoms with Crippen LogP contribution in [0.4, 0.5) is 11.4 Å². The lowest BCUT2D eigenvalue weighted by atomic mass is 10.1. The van der Waals surface area contributed by atoms with Crippen LogP contribution < -0.4 is 10.0 Å². The molecule has 0 amide bonds. The van der Waals surface area contributed by atoms with Crippen molar-refractivity contribution in [2.45, 2.75) is 19.0 Å². The average Bonchev–Trinajstić information content (AvgIpc) is 3.08. The van der Waals surface area contributed by atoms with Gasteiger partial charge in [-0.25, -0.2) is 8.42 Å². The second kappa shape index (κ2) is 7.77. The Morgan fingerprint density at radius 1 is 1.18 bits per heavy atom. The third-order valence-corrected chi connectivity index (χ3v) is 5.56. The quantitative estimate of drug-likeness (QED) is 0.669. The largest absolute Gasteiger partial charge is 0.380 e. The first kappa shape index (κ1) is 18.7. The molecule has 1 fully saturated rings. The Hall–Kier alpha value is -2.64. The fourth-order valence-corrected chi connectivity index (χ4v) is 4.32. The van der Waals surface area contributed by atoms with E-state index in [0.717, 1.165) is 42.7 Å². The minimum absolute atomic E-state index is 0.385. The summed E-state index contributed by atoms with van der Waals surface area (Å²) in [6, 6.07) is 16.3. The molecule has 0 bridgehead atoms.